The summed E-state index contributed by atoms with van der Waals surface area (Å²) in [6.07, 6.45) is 5.32. The van der Waals surface area contributed by atoms with Gasteiger partial charge in [-0.3, -0.25) is 13.9 Å². The van der Waals surface area contributed by atoms with Gasteiger partial charge in [-0.05, 0) is 73.7 Å². The number of rotatable bonds is 12. The van der Waals surface area contributed by atoms with Crippen molar-refractivity contribution in [3.05, 3.63) is 130 Å². The molecule has 0 aromatic heterocycles. The number of nitrogens with one attached hydrogen (secondary N) is 1. The quantitative estimate of drug-likeness (QED) is 0.172. The SMILES string of the molecule is Cc1cccc(CN(C(=O)CN(c2ccc(Cl)cc2C)S(=O)(=O)c2ccccc2)[C@H](Cc2ccccc2)C(=O)NC2CCCCC2)c1. The molecule has 0 bridgehead atoms. The van der Waals surface area contributed by atoms with Crippen LogP contribution < -0.4 is 9.62 Å². The lowest BCUT2D eigenvalue weighted by Crippen LogP contribution is -2.55. The molecule has 0 radical (unpaired) electrons. The molecule has 9 heteroatoms. The first-order chi connectivity index (χ1) is 22.6. The fourth-order valence-electron chi connectivity index (χ4n) is 6.24. The minimum absolute atomic E-state index is 0.0390. The molecule has 5 rings (SSSR count). The summed E-state index contributed by atoms with van der Waals surface area (Å²) in [5, 5.41) is 3.71. The summed E-state index contributed by atoms with van der Waals surface area (Å²) in [5.41, 5.74) is 3.72. The number of nitrogens with zero attached hydrogens (tertiary/aromatic N) is 2. The fraction of sp³-hybridized carbons (Fsp3) is 0.316. The Morgan fingerprint density at radius 3 is 2.15 bits per heavy atom. The molecule has 1 N–H and O–H groups in total. The number of benzene rings is 4. The second kappa shape index (κ2) is 15.6. The van der Waals surface area contributed by atoms with E-state index in [-0.39, 0.29) is 29.8 Å². The molecule has 4 aromatic carbocycles. The van der Waals surface area contributed by atoms with Gasteiger partial charge in [-0.1, -0.05) is 109 Å². The summed E-state index contributed by atoms with van der Waals surface area (Å²) < 4.78 is 29.6. The number of halogens is 1. The highest BCUT2D eigenvalue weighted by Gasteiger charge is 2.35. The van der Waals surface area contributed by atoms with Crippen molar-refractivity contribution in [2.45, 2.75) is 75.9 Å². The van der Waals surface area contributed by atoms with Gasteiger partial charge in [0, 0.05) is 24.0 Å². The average Bonchev–Trinajstić information content (AvgIpc) is 3.07. The van der Waals surface area contributed by atoms with Gasteiger partial charge in [0.2, 0.25) is 11.8 Å². The van der Waals surface area contributed by atoms with Crippen molar-refractivity contribution in [3.63, 3.8) is 0 Å². The van der Waals surface area contributed by atoms with Crippen LogP contribution in [0.2, 0.25) is 5.02 Å². The Kier molecular flexibility index (Phi) is 11.4. The van der Waals surface area contributed by atoms with E-state index in [1.807, 2.05) is 61.5 Å². The van der Waals surface area contributed by atoms with E-state index in [2.05, 4.69) is 5.32 Å². The molecule has 7 nitrogen and oxygen atoms in total. The summed E-state index contributed by atoms with van der Waals surface area (Å²) >= 11 is 6.26. The maximum atomic E-state index is 14.7. The molecular formula is C38H42ClN3O4S. The molecule has 1 aliphatic rings. The van der Waals surface area contributed by atoms with Crippen molar-refractivity contribution >= 4 is 39.1 Å². The average molecular weight is 672 g/mol. The van der Waals surface area contributed by atoms with Gasteiger partial charge in [-0.15, -0.1) is 0 Å². The molecule has 1 aliphatic carbocycles. The van der Waals surface area contributed by atoms with Gasteiger partial charge in [0.05, 0.1) is 10.6 Å². The van der Waals surface area contributed by atoms with Crippen LogP contribution in [0.1, 0.15) is 54.4 Å². The summed E-state index contributed by atoms with van der Waals surface area (Å²) in [7, 11) is -4.18. The maximum absolute atomic E-state index is 14.7. The zero-order chi connectivity index (χ0) is 33.4. The lowest BCUT2D eigenvalue weighted by Gasteiger charge is -2.35. The number of sulfonamides is 1. The Balaban J connectivity index is 1.58. The summed E-state index contributed by atoms with van der Waals surface area (Å²) in [6.45, 7) is 3.37. The first-order valence-corrected chi connectivity index (χ1v) is 18.0. The zero-order valence-corrected chi connectivity index (χ0v) is 28.5. The summed E-state index contributed by atoms with van der Waals surface area (Å²) in [5.74, 6) is -0.720. The molecule has 0 unspecified atom stereocenters. The monoisotopic (exact) mass is 671 g/mol. The van der Waals surface area contributed by atoms with E-state index < -0.39 is 28.5 Å². The molecule has 2 amide bonds. The van der Waals surface area contributed by atoms with Gasteiger partial charge in [0.15, 0.2) is 0 Å². The number of hydrogen-bond donors (Lipinski definition) is 1. The Bertz CT molecular complexity index is 1780. The molecule has 4 aromatic rings. The van der Waals surface area contributed by atoms with Crippen LogP contribution >= 0.6 is 11.6 Å². The van der Waals surface area contributed by atoms with Gasteiger partial charge in [0.25, 0.3) is 10.0 Å². The van der Waals surface area contributed by atoms with Crippen molar-refractivity contribution in [1.29, 1.82) is 0 Å². The third-order valence-electron chi connectivity index (χ3n) is 8.70. The number of aryl methyl sites for hydroxylation is 2. The second-order valence-corrected chi connectivity index (χ2v) is 14.6. The van der Waals surface area contributed by atoms with Crippen LogP contribution in [0.4, 0.5) is 5.69 Å². The predicted octanol–water partition coefficient (Wildman–Crippen LogP) is 7.24. The van der Waals surface area contributed by atoms with E-state index in [1.165, 1.54) is 12.1 Å². The highest BCUT2D eigenvalue weighted by atomic mass is 35.5. The Morgan fingerprint density at radius 1 is 0.830 bits per heavy atom. The van der Waals surface area contributed by atoms with Crippen LogP contribution in [-0.4, -0.2) is 43.8 Å². The van der Waals surface area contributed by atoms with Crippen LogP contribution in [0.3, 0.4) is 0 Å². The molecule has 0 spiro atoms. The zero-order valence-electron chi connectivity index (χ0n) is 26.9. The van der Waals surface area contributed by atoms with Crippen molar-refractivity contribution in [3.8, 4) is 0 Å². The number of anilines is 1. The van der Waals surface area contributed by atoms with Gasteiger partial charge in [-0.2, -0.15) is 0 Å². The highest BCUT2D eigenvalue weighted by molar-refractivity contribution is 7.92. The molecule has 0 heterocycles. The van der Waals surface area contributed by atoms with Crippen molar-refractivity contribution < 1.29 is 18.0 Å². The van der Waals surface area contributed by atoms with Crippen LogP contribution in [0.25, 0.3) is 0 Å². The van der Waals surface area contributed by atoms with Crippen molar-refractivity contribution in [1.82, 2.24) is 10.2 Å². The van der Waals surface area contributed by atoms with Gasteiger partial charge >= 0.3 is 0 Å². The molecule has 1 atom stereocenters. The first kappa shape index (κ1) is 34.2. The molecular weight excluding hydrogens is 630 g/mol. The number of amides is 2. The number of hydrogen-bond acceptors (Lipinski definition) is 4. The summed E-state index contributed by atoms with van der Waals surface area (Å²) in [6, 6.07) is 29.6. The normalized spacial score (nSPS) is 14.3. The van der Waals surface area contributed by atoms with E-state index in [0.717, 1.165) is 53.1 Å². The van der Waals surface area contributed by atoms with Crippen LogP contribution in [0.5, 0.6) is 0 Å². The van der Waals surface area contributed by atoms with E-state index in [1.54, 1.807) is 48.2 Å². The molecule has 0 saturated heterocycles. The van der Waals surface area contributed by atoms with Gasteiger partial charge < -0.3 is 10.2 Å². The van der Waals surface area contributed by atoms with Crippen LogP contribution in [-0.2, 0) is 32.6 Å². The Hall–Kier alpha value is -4.14. The minimum atomic E-state index is -4.18. The largest absolute Gasteiger partial charge is 0.352 e. The molecule has 0 aliphatic heterocycles. The molecule has 1 saturated carbocycles. The lowest BCUT2D eigenvalue weighted by atomic mass is 9.94. The second-order valence-electron chi connectivity index (χ2n) is 12.3. The van der Waals surface area contributed by atoms with Crippen LogP contribution in [0.15, 0.2) is 108 Å². The Morgan fingerprint density at radius 2 is 1.49 bits per heavy atom. The van der Waals surface area contributed by atoms with Crippen molar-refractivity contribution in [2.24, 2.45) is 0 Å². The van der Waals surface area contributed by atoms with Gasteiger partial charge in [-0.25, -0.2) is 8.42 Å². The molecule has 47 heavy (non-hydrogen) atoms. The topological polar surface area (TPSA) is 86.8 Å². The van der Waals surface area contributed by atoms with Crippen molar-refractivity contribution in [2.75, 3.05) is 10.8 Å². The third kappa shape index (κ3) is 8.82. The van der Waals surface area contributed by atoms with E-state index in [4.69, 9.17) is 11.6 Å². The standard InChI is InChI=1S/C38H42ClN3O4S/c1-28-13-12-16-31(23-28)26-41(36(25-30-14-6-3-7-15-30)38(44)40-33-17-8-4-9-18-33)37(43)27-42(35-22-21-32(39)24-29(35)2)47(45,46)34-19-10-5-11-20-34/h3,5-7,10-16,19-24,33,36H,4,8-9,17-18,25-27H2,1-2H3,(H,40,44)/t36-/m1/s1. The lowest BCUT2D eigenvalue weighted by molar-refractivity contribution is -0.140. The highest BCUT2D eigenvalue weighted by Crippen LogP contribution is 2.30. The van der Waals surface area contributed by atoms with Gasteiger partial charge in [0.1, 0.15) is 12.6 Å². The first-order valence-electron chi connectivity index (χ1n) is 16.1. The van der Waals surface area contributed by atoms with Crippen LogP contribution in [0, 0.1) is 13.8 Å². The maximum Gasteiger partial charge on any atom is 0.264 e. The number of carbonyl (C=O) groups is 2. The number of carbonyl (C=O) groups excluding carboxylic acids is 2. The fourth-order valence-corrected chi connectivity index (χ4v) is 7.96. The minimum Gasteiger partial charge on any atom is -0.352 e. The third-order valence-corrected chi connectivity index (χ3v) is 10.7. The van der Waals surface area contributed by atoms with E-state index >= 15 is 0 Å². The molecule has 246 valence electrons. The van der Waals surface area contributed by atoms with E-state index in [0.29, 0.717) is 16.3 Å². The predicted molar refractivity (Wildman–Crippen MR) is 188 cm³/mol. The Labute approximate surface area is 283 Å². The summed E-state index contributed by atoms with van der Waals surface area (Å²) in [4.78, 5) is 30.6. The smallest absolute Gasteiger partial charge is 0.264 e. The molecule has 1 fully saturated rings. The van der Waals surface area contributed by atoms with E-state index in [9.17, 15) is 18.0 Å².